The van der Waals surface area contributed by atoms with Crippen LogP contribution in [0.2, 0.25) is 0 Å². The minimum atomic E-state index is 0. The largest absolute Gasteiger partial charge is 2.00 e. The molecule has 0 aliphatic rings. The normalized spacial score (nSPS) is 10.9. The topological polar surface area (TPSA) is 68.7 Å². The second kappa shape index (κ2) is 11.1. The van der Waals surface area contributed by atoms with Gasteiger partial charge in [0.2, 0.25) is 0 Å². The predicted molar refractivity (Wildman–Crippen MR) is 160 cm³/mol. The standard InChI is InChI=1S/C35H23N5O.Pt/c1-23-7-5-8-24(2)35(23)26-21-38-39(22-26)27-9-6-10-28(18-27)41-29-13-14-30-31-17-25(20-36)12-15-32(31)40(33(30)19-29)34-11-3-4-16-37-34;/h3-17,21-22H,1-2H3;/q-2;+2. The van der Waals surface area contributed by atoms with Crippen LogP contribution in [-0.4, -0.2) is 19.3 Å². The first-order valence-corrected chi connectivity index (χ1v) is 13.2. The van der Waals surface area contributed by atoms with Crippen LogP contribution in [0.25, 0.3) is 44.4 Å². The van der Waals surface area contributed by atoms with Gasteiger partial charge in [-0.25, -0.2) is 4.98 Å². The maximum absolute atomic E-state index is 9.48. The van der Waals surface area contributed by atoms with Gasteiger partial charge in [0.15, 0.2) is 0 Å². The molecule has 0 atom stereocenters. The van der Waals surface area contributed by atoms with Gasteiger partial charge in [-0.2, -0.15) is 22.5 Å². The van der Waals surface area contributed by atoms with Crippen molar-refractivity contribution in [2.75, 3.05) is 0 Å². The van der Waals surface area contributed by atoms with Gasteiger partial charge in [0.05, 0.1) is 17.8 Å². The molecule has 4 aromatic carbocycles. The zero-order chi connectivity index (χ0) is 27.9. The summed E-state index contributed by atoms with van der Waals surface area (Å²) in [6, 6.07) is 36.4. The van der Waals surface area contributed by atoms with Crippen LogP contribution in [0, 0.1) is 37.3 Å². The van der Waals surface area contributed by atoms with Crippen molar-refractivity contribution in [3.8, 4) is 40.2 Å². The van der Waals surface area contributed by atoms with Crippen LogP contribution < -0.4 is 4.74 Å². The summed E-state index contributed by atoms with van der Waals surface area (Å²) < 4.78 is 10.1. The Morgan fingerprint density at radius 2 is 1.64 bits per heavy atom. The van der Waals surface area contributed by atoms with Gasteiger partial charge in [-0.05, 0) is 71.9 Å². The van der Waals surface area contributed by atoms with Gasteiger partial charge in [-0.3, -0.25) is 4.68 Å². The third-order valence-electron chi connectivity index (χ3n) is 7.23. The van der Waals surface area contributed by atoms with Crippen molar-refractivity contribution in [2.45, 2.75) is 13.8 Å². The maximum atomic E-state index is 9.48. The predicted octanol–water partition coefficient (Wildman–Crippen LogP) is 7.91. The zero-order valence-corrected chi connectivity index (χ0v) is 25.0. The number of benzene rings is 4. The number of nitrogens with zero attached hydrogens (tertiary/aromatic N) is 5. The van der Waals surface area contributed by atoms with Crippen molar-refractivity contribution < 1.29 is 25.8 Å². The van der Waals surface area contributed by atoms with E-state index in [4.69, 9.17) is 4.74 Å². The monoisotopic (exact) mass is 724 g/mol. The number of hydrogen-bond donors (Lipinski definition) is 0. The molecule has 7 rings (SSSR count). The molecule has 0 bridgehead atoms. The third kappa shape index (κ3) is 4.79. The van der Waals surface area contributed by atoms with Gasteiger partial charge in [-0.1, -0.05) is 29.8 Å². The second-order valence-electron chi connectivity index (χ2n) is 9.89. The number of aryl methyl sites for hydroxylation is 2. The van der Waals surface area contributed by atoms with Crippen molar-refractivity contribution in [3.63, 3.8) is 0 Å². The Morgan fingerprint density at radius 3 is 2.43 bits per heavy atom. The van der Waals surface area contributed by atoms with Crippen LogP contribution in [0.15, 0.2) is 104 Å². The van der Waals surface area contributed by atoms with E-state index in [1.807, 2.05) is 88.4 Å². The minimum Gasteiger partial charge on any atom is -0.509 e. The Kier molecular flexibility index (Phi) is 7.20. The Balaban J connectivity index is 0.00000316. The average molecular weight is 725 g/mol. The first-order valence-electron chi connectivity index (χ1n) is 13.2. The molecule has 6 nitrogen and oxygen atoms in total. The molecule has 0 aliphatic carbocycles. The number of aromatic nitrogens is 4. The van der Waals surface area contributed by atoms with Crippen LogP contribution in [0.5, 0.6) is 11.5 Å². The average Bonchev–Trinajstić information content (AvgIpc) is 3.60. The Morgan fingerprint density at radius 1 is 0.833 bits per heavy atom. The van der Waals surface area contributed by atoms with Crippen molar-refractivity contribution in [1.82, 2.24) is 19.3 Å². The summed E-state index contributed by atoms with van der Waals surface area (Å²) in [5.41, 5.74) is 7.80. The van der Waals surface area contributed by atoms with Crippen LogP contribution in [0.4, 0.5) is 0 Å². The number of nitriles is 1. The molecule has 0 aliphatic heterocycles. The summed E-state index contributed by atoms with van der Waals surface area (Å²) in [4.78, 5) is 4.58. The molecule has 0 N–H and O–H groups in total. The summed E-state index contributed by atoms with van der Waals surface area (Å²) in [5, 5.41) is 16.0. The molecule has 42 heavy (non-hydrogen) atoms. The molecule has 0 radical (unpaired) electrons. The van der Waals surface area contributed by atoms with E-state index in [1.54, 1.807) is 6.20 Å². The summed E-state index contributed by atoms with van der Waals surface area (Å²) in [6.07, 6.45) is 5.66. The molecule has 0 saturated heterocycles. The Labute approximate surface area is 257 Å². The smallest absolute Gasteiger partial charge is 0.509 e. The van der Waals surface area contributed by atoms with Crippen molar-refractivity contribution in [3.05, 3.63) is 132 Å². The molecule has 0 spiro atoms. The van der Waals surface area contributed by atoms with Gasteiger partial charge >= 0.3 is 21.1 Å². The number of rotatable bonds is 5. The summed E-state index contributed by atoms with van der Waals surface area (Å²) >= 11 is 0. The van der Waals surface area contributed by atoms with Crippen LogP contribution >= 0.6 is 0 Å². The van der Waals surface area contributed by atoms with E-state index in [2.05, 4.69) is 60.3 Å². The van der Waals surface area contributed by atoms with E-state index in [1.165, 1.54) is 16.7 Å². The number of fused-ring (bicyclic) bond motifs is 3. The van der Waals surface area contributed by atoms with E-state index in [-0.39, 0.29) is 21.1 Å². The fraction of sp³-hybridized carbons (Fsp3) is 0.0571. The van der Waals surface area contributed by atoms with E-state index >= 15 is 0 Å². The maximum Gasteiger partial charge on any atom is 2.00 e. The van der Waals surface area contributed by atoms with Gasteiger partial charge < -0.3 is 9.30 Å². The van der Waals surface area contributed by atoms with E-state index < -0.39 is 0 Å². The summed E-state index contributed by atoms with van der Waals surface area (Å²) in [7, 11) is 0. The van der Waals surface area contributed by atoms with Gasteiger partial charge in [0.25, 0.3) is 0 Å². The third-order valence-corrected chi connectivity index (χ3v) is 7.23. The van der Waals surface area contributed by atoms with Gasteiger partial charge in [-0.15, -0.1) is 35.7 Å². The van der Waals surface area contributed by atoms with Gasteiger partial charge in [0.1, 0.15) is 5.82 Å². The molecule has 204 valence electrons. The van der Waals surface area contributed by atoms with Crippen LogP contribution in [0.1, 0.15) is 16.7 Å². The van der Waals surface area contributed by atoms with Crippen LogP contribution in [0.3, 0.4) is 0 Å². The Bertz CT molecular complexity index is 2100. The zero-order valence-electron chi connectivity index (χ0n) is 22.8. The molecule has 7 heteroatoms. The van der Waals surface area contributed by atoms with E-state index in [9.17, 15) is 5.26 Å². The van der Waals surface area contributed by atoms with Crippen molar-refractivity contribution >= 4 is 21.8 Å². The molecule has 0 fully saturated rings. The number of ether oxygens (including phenoxy) is 1. The number of hydrogen-bond acceptors (Lipinski definition) is 4. The first kappa shape index (κ1) is 27.2. The molecular weight excluding hydrogens is 701 g/mol. The SMILES string of the molecule is Cc1cccc(C)c1-c1cnn(-c2[c-]c(Oc3[c-]c4c(cc3)c3cc(C#N)ccc3n4-c3ccccn3)ccc2)c1.[Pt+2]. The molecule has 0 saturated carbocycles. The van der Waals surface area contributed by atoms with E-state index in [0.29, 0.717) is 17.1 Å². The van der Waals surface area contributed by atoms with Crippen molar-refractivity contribution in [1.29, 1.82) is 5.26 Å². The molecule has 0 amide bonds. The second-order valence-corrected chi connectivity index (χ2v) is 9.89. The summed E-state index contributed by atoms with van der Waals surface area (Å²) in [5.74, 6) is 1.86. The fourth-order valence-corrected chi connectivity index (χ4v) is 5.38. The van der Waals surface area contributed by atoms with E-state index in [0.717, 1.165) is 38.9 Å². The van der Waals surface area contributed by atoms with Crippen molar-refractivity contribution in [2.24, 2.45) is 0 Å². The molecular formula is C35H23N5OPt. The quantitative estimate of drug-likeness (QED) is 0.169. The molecule has 3 aromatic heterocycles. The molecule has 0 unspecified atom stereocenters. The first-order chi connectivity index (χ1) is 20.1. The minimum absolute atomic E-state index is 0. The molecule has 3 heterocycles. The molecule has 7 aromatic rings. The fourth-order valence-electron chi connectivity index (χ4n) is 5.38. The summed E-state index contributed by atoms with van der Waals surface area (Å²) in [6.45, 7) is 4.23. The Hall–Kier alpha value is -4.98. The van der Waals surface area contributed by atoms with Crippen LogP contribution in [-0.2, 0) is 21.1 Å². The van der Waals surface area contributed by atoms with Gasteiger partial charge in [0, 0.05) is 35.0 Å². The number of pyridine rings is 1.